The van der Waals surface area contributed by atoms with Gasteiger partial charge in [0.1, 0.15) is 5.82 Å². The molecular weight excluding hydrogens is 603 g/mol. The van der Waals surface area contributed by atoms with Crippen LogP contribution in [0.2, 0.25) is 0 Å². The minimum absolute atomic E-state index is 0.0846. The van der Waals surface area contributed by atoms with E-state index in [0.29, 0.717) is 44.1 Å². The van der Waals surface area contributed by atoms with E-state index in [1.807, 2.05) is 37.1 Å². The molecule has 1 unspecified atom stereocenters. The van der Waals surface area contributed by atoms with E-state index in [1.54, 1.807) is 16.6 Å². The van der Waals surface area contributed by atoms with Gasteiger partial charge < -0.3 is 19.4 Å². The Hall–Kier alpha value is -4.69. The summed E-state index contributed by atoms with van der Waals surface area (Å²) in [5, 5.41) is 8.60. The van der Waals surface area contributed by atoms with Crippen LogP contribution in [-0.2, 0) is 16.5 Å². The second kappa shape index (κ2) is 10.7. The monoisotopic (exact) mass is 637 g/mol. The highest BCUT2D eigenvalue weighted by molar-refractivity contribution is 5.91. The summed E-state index contributed by atoms with van der Waals surface area (Å²) in [4.78, 5) is 40.7. The molecule has 0 N–H and O–H groups in total. The molecular formula is C31H34F3N9O3. The first-order valence-corrected chi connectivity index (χ1v) is 15.2. The second-order valence-corrected chi connectivity index (χ2v) is 12.9. The number of aryl methyl sites for hydroxylation is 1. The number of fused-ring (bicyclic) bond motifs is 1. The van der Waals surface area contributed by atoms with Gasteiger partial charge >= 0.3 is 12.1 Å². The van der Waals surface area contributed by atoms with Crippen LogP contribution in [0.4, 0.5) is 24.7 Å². The first-order chi connectivity index (χ1) is 21.9. The molecule has 3 aliphatic heterocycles. The number of rotatable bonds is 5. The van der Waals surface area contributed by atoms with Crippen molar-refractivity contribution < 1.29 is 27.5 Å². The maximum atomic E-state index is 13.6. The predicted octanol–water partition coefficient (Wildman–Crippen LogP) is 3.80. The van der Waals surface area contributed by atoms with Gasteiger partial charge in [0.2, 0.25) is 5.82 Å². The van der Waals surface area contributed by atoms with Gasteiger partial charge in [-0.05, 0) is 56.9 Å². The van der Waals surface area contributed by atoms with E-state index in [2.05, 4.69) is 30.0 Å². The van der Waals surface area contributed by atoms with Gasteiger partial charge in [0.05, 0.1) is 36.3 Å². The maximum absolute atomic E-state index is 13.6. The Morgan fingerprint density at radius 3 is 2.52 bits per heavy atom. The number of alkyl halides is 3. The van der Waals surface area contributed by atoms with Gasteiger partial charge in [0.15, 0.2) is 11.3 Å². The first-order valence-electron chi connectivity index (χ1n) is 15.2. The van der Waals surface area contributed by atoms with Gasteiger partial charge in [0, 0.05) is 50.9 Å². The minimum atomic E-state index is -4.44. The lowest BCUT2D eigenvalue weighted by Gasteiger charge is -2.26. The number of halogens is 3. The molecule has 15 heteroatoms. The predicted molar refractivity (Wildman–Crippen MR) is 161 cm³/mol. The number of aromatic nitrogens is 6. The molecule has 2 atom stereocenters. The van der Waals surface area contributed by atoms with Gasteiger partial charge in [0.25, 0.3) is 5.91 Å². The standard InChI is InChI=1S/C31H34F3N9O3/c1-20-13-22(39-10-7-29(2,17-39)43-15-21(14-35-43)31(32,33)34)16-42-26(20)37-25(38-42)27(44)41-12-9-30(19-41)8-11-40(18-30)24-6-4-5-23(36-24)28(45)46-3/h4-6,13-16H,7-12,17-19H2,1-3H3/t29?,30-/m1/s1. The van der Waals surface area contributed by atoms with Crippen LogP contribution in [0.5, 0.6) is 0 Å². The molecule has 7 heterocycles. The van der Waals surface area contributed by atoms with E-state index >= 15 is 0 Å². The summed E-state index contributed by atoms with van der Waals surface area (Å²) in [7, 11) is 1.33. The van der Waals surface area contributed by atoms with E-state index in [9.17, 15) is 22.8 Å². The van der Waals surface area contributed by atoms with Crippen LogP contribution in [0.3, 0.4) is 0 Å². The molecule has 1 spiro atoms. The zero-order chi connectivity index (χ0) is 32.4. The van der Waals surface area contributed by atoms with Gasteiger partial charge in [-0.15, -0.1) is 5.10 Å². The van der Waals surface area contributed by atoms with Gasteiger partial charge in [-0.2, -0.15) is 18.3 Å². The molecule has 3 fully saturated rings. The van der Waals surface area contributed by atoms with Crippen molar-refractivity contribution in [3.05, 3.63) is 65.5 Å². The Kier molecular flexibility index (Phi) is 6.97. The van der Waals surface area contributed by atoms with Crippen LogP contribution in [0, 0.1) is 12.3 Å². The van der Waals surface area contributed by atoms with E-state index in [4.69, 9.17) is 4.74 Å². The smallest absolute Gasteiger partial charge is 0.419 e. The molecule has 3 aliphatic rings. The third kappa shape index (κ3) is 5.20. The highest BCUT2D eigenvalue weighted by Crippen LogP contribution is 2.41. The minimum Gasteiger partial charge on any atom is -0.464 e. The Bertz CT molecular complexity index is 1840. The van der Waals surface area contributed by atoms with Crippen molar-refractivity contribution in [1.82, 2.24) is 34.3 Å². The molecule has 0 aliphatic carbocycles. The average Bonchev–Trinajstić information content (AvgIpc) is 3.87. The number of esters is 1. The fraction of sp³-hybridized carbons (Fsp3) is 0.484. The molecule has 3 saturated heterocycles. The number of hydrogen-bond acceptors (Lipinski definition) is 9. The quantitative estimate of drug-likeness (QED) is 0.302. The first kappa shape index (κ1) is 30.0. The second-order valence-electron chi connectivity index (χ2n) is 12.9. The van der Waals surface area contributed by atoms with E-state index in [0.717, 1.165) is 49.6 Å². The van der Waals surface area contributed by atoms with Crippen LogP contribution in [0.1, 0.15) is 58.4 Å². The summed E-state index contributed by atoms with van der Waals surface area (Å²) in [6.07, 6.45) is 1.66. The topological polar surface area (TPSA) is 114 Å². The third-order valence-electron chi connectivity index (χ3n) is 9.69. The number of likely N-dealkylation sites (tertiary alicyclic amines) is 1. The fourth-order valence-corrected chi connectivity index (χ4v) is 7.04. The molecule has 7 rings (SSSR count). The van der Waals surface area contributed by atoms with E-state index in [-0.39, 0.29) is 22.8 Å². The fourth-order valence-electron chi connectivity index (χ4n) is 7.04. The van der Waals surface area contributed by atoms with Crippen molar-refractivity contribution in [3.63, 3.8) is 0 Å². The van der Waals surface area contributed by atoms with Crippen molar-refractivity contribution in [2.45, 2.75) is 44.8 Å². The normalized spacial score (nSPS) is 23.3. The number of ether oxygens (including phenoxy) is 1. The molecule has 12 nitrogen and oxygen atoms in total. The number of carbonyl (C=O) groups is 2. The summed E-state index contributed by atoms with van der Waals surface area (Å²) in [5.74, 6) is 0.138. The average molecular weight is 638 g/mol. The Labute approximate surface area is 262 Å². The lowest BCUT2D eigenvalue weighted by molar-refractivity contribution is -0.137. The van der Waals surface area contributed by atoms with Crippen molar-refractivity contribution in [2.75, 3.05) is 56.2 Å². The Morgan fingerprint density at radius 2 is 1.76 bits per heavy atom. The highest BCUT2D eigenvalue weighted by Gasteiger charge is 2.46. The lowest BCUT2D eigenvalue weighted by atomic mass is 9.86. The molecule has 4 aromatic rings. The van der Waals surface area contributed by atoms with Gasteiger partial charge in [-0.3, -0.25) is 9.48 Å². The molecule has 0 aromatic carbocycles. The number of amides is 1. The van der Waals surface area contributed by atoms with Gasteiger partial charge in [-0.1, -0.05) is 6.07 Å². The number of nitrogens with zero attached hydrogens (tertiary/aromatic N) is 9. The Morgan fingerprint density at radius 1 is 0.978 bits per heavy atom. The zero-order valence-corrected chi connectivity index (χ0v) is 25.8. The number of hydrogen-bond donors (Lipinski definition) is 0. The van der Waals surface area contributed by atoms with Crippen LogP contribution in [-0.4, -0.2) is 92.5 Å². The SMILES string of the molecule is COC(=O)c1cccc(N2CC[C@@]3(CCN(C(=O)c4nc5c(C)cc(N6CCC(C)(n7cc(C(F)(F)F)cn7)C6)cn5n4)C3)C2)n1. The number of pyridine rings is 2. The molecule has 4 aromatic heterocycles. The largest absolute Gasteiger partial charge is 0.464 e. The Balaban J connectivity index is 1.04. The summed E-state index contributed by atoms with van der Waals surface area (Å²) in [5.41, 5.74) is 1.06. The molecule has 0 saturated carbocycles. The van der Waals surface area contributed by atoms with Gasteiger partial charge in [-0.25, -0.2) is 19.3 Å². The van der Waals surface area contributed by atoms with Crippen molar-refractivity contribution in [2.24, 2.45) is 5.41 Å². The summed E-state index contributed by atoms with van der Waals surface area (Å²) in [6, 6.07) is 7.27. The maximum Gasteiger partial charge on any atom is 0.419 e. The molecule has 1 amide bonds. The van der Waals surface area contributed by atoms with Crippen molar-refractivity contribution in [3.8, 4) is 0 Å². The van der Waals surface area contributed by atoms with Crippen molar-refractivity contribution >= 4 is 29.0 Å². The highest BCUT2D eigenvalue weighted by atomic mass is 19.4. The molecule has 46 heavy (non-hydrogen) atoms. The summed E-state index contributed by atoms with van der Waals surface area (Å²) >= 11 is 0. The number of methoxy groups -OCH3 is 1. The summed E-state index contributed by atoms with van der Waals surface area (Å²) < 4.78 is 47.4. The zero-order valence-electron chi connectivity index (χ0n) is 25.8. The summed E-state index contributed by atoms with van der Waals surface area (Å²) in [6.45, 7) is 7.56. The van der Waals surface area contributed by atoms with Crippen LogP contribution < -0.4 is 9.80 Å². The van der Waals surface area contributed by atoms with Crippen molar-refractivity contribution in [1.29, 1.82) is 0 Å². The van der Waals surface area contributed by atoms with E-state index < -0.39 is 23.2 Å². The lowest BCUT2D eigenvalue weighted by Crippen LogP contribution is -2.34. The third-order valence-corrected chi connectivity index (χ3v) is 9.69. The molecule has 242 valence electrons. The van der Waals surface area contributed by atoms with Crippen LogP contribution >= 0.6 is 0 Å². The molecule has 0 radical (unpaired) electrons. The number of carbonyl (C=O) groups excluding carboxylic acids is 2. The molecule has 0 bridgehead atoms. The van der Waals surface area contributed by atoms with Crippen LogP contribution in [0.15, 0.2) is 42.9 Å². The van der Waals surface area contributed by atoms with Crippen LogP contribution in [0.25, 0.3) is 5.65 Å². The number of anilines is 2. The van der Waals surface area contributed by atoms with E-state index in [1.165, 1.54) is 11.8 Å².